The Morgan fingerprint density at radius 3 is 2.71 bits per heavy atom. The zero-order chi connectivity index (χ0) is 10.6. The van der Waals surface area contributed by atoms with Crippen LogP contribution in [0.1, 0.15) is 31.2 Å². The van der Waals surface area contributed by atoms with Crippen molar-refractivity contribution < 1.29 is 0 Å². The van der Waals surface area contributed by atoms with Crippen LogP contribution in [0.5, 0.6) is 0 Å². The molecule has 0 aromatic carbocycles. The summed E-state index contributed by atoms with van der Waals surface area (Å²) in [5.41, 5.74) is 2.38. The van der Waals surface area contributed by atoms with Gasteiger partial charge in [0.2, 0.25) is 0 Å². The predicted molar refractivity (Wildman–Crippen MR) is 64.0 cm³/mol. The number of nitrogens with zero attached hydrogens (tertiary/aromatic N) is 2. The van der Waals surface area contributed by atoms with Crippen molar-refractivity contribution in [3.8, 4) is 0 Å². The lowest BCUT2D eigenvalue weighted by atomic mass is 10.2. The number of aromatic nitrogens is 2. The average molecular weight is 280 g/mol. The van der Waals surface area contributed by atoms with Gasteiger partial charge in [0.15, 0.2) is 0 Å². The maximum absolute atomic E-state index is 5.65. The van der Waals surface area contributed by atoms with Crippen LogP contribution in [0.25, 0.3) is 0 Å². The van der Waals surface area contributed by atoms with Gasteiger partial charge in [0.25, 0.3) is 0 Å². The fourth-order valence-corrected chi connectivity index (χ4v) is 2.17. The molecule has 0 saturated carbocycles. The van der Waals surface area contributed by atoms with Crippen molar-refractivity contribution in [1.82, 2.24) is 9.78 Å². The van der Waals surface area contributed by atoms with Gasteiger partial charge >= 0.3 is 0 Å². The van der Waals surface area contributed by atoms with E-state index in [0.717, 1.165) is 41.9 Å². The molecule has 1 aromatic heterocycles. The molecule has 0 amide bonds. The second-order valence-electron chi connectivity index (χ2n) is 3.31. The molecule has 0 radical (unpaired) electrons. The maximum atomic E-state index is 5.65. The van der Waals surface area contributed by atoms with Crippen LogP contribution in [-0.4, -0.2) is 15.7 Å². The second kappa shape index (κ2) is 5.76. The Balaban J connectivity index is 2.72. The van der Waals surface area contributed by atoms with E-state index in [1.54, 1.807) is 0 Å². The molecule has 0 atom stereocenters. The molecule has 0 N–H and O–H groups in total. The standard InChI is InChI=1S/C10H16BrClN2/c1-3-14-9(6-4-5-7-12)10(11)8(2)13-14/h3-7H2,1-2H3. The smallest absolute Gasteiger partial charge is 0.0738 e. The fraction of sp³-hybridized carbons (Fsp3) is 0.700. The van der Waals surface area contributed by atoms with E-state index in [1.165, 1.54) is 5.69 Å². The van der Waals surface area contributed by atoms with Crippen LogP contribution >= 0.6 is 27.5 Å². The minimum absolute atomic E-state index is 0.747. The number of aryl methyl sites for hydroxylation is 2. The molecule has 1 aromatic rings. The molecule has 14 heavy (non-hydrogen) atoms. The van der Waals surface area contributed by atoms with Gasteiger partial charge in [-0.15, -0.1) is 11.6 Å². The van der Waals surface area contributed by atoms with E-state index in [1.807, 2.05) is 6.92 Å². The van der Waals surface area contributed by atoms with Crippen LogP contribution < -0.4 is 0 Å². The highest BCUT2D eigenvalue weighted by atomic mass is 79.9. The van der Waals surface area contributed by atoms with E-state index in [9.17, 15) is 0 Å². The second-order valence-corrected chi connectivity index (χ2v) is 4.48. The van der Waals surface area contributed by atoms with Gasteiger partial charge < -0.3 is 0 Å². The van der Waals surface area contributed by atoms with E-state index >= 15 is 0 Å². The van der Waals surface area contributed by atoms with E-state index in [-0.39, 0.29) is 0 Å². The van der Waals surface area contributed by atoms with Gasteiger partial charge in [-0.05, 0) is 49.0 Å². The van der Waals surface area contributed by atoms with Crippen molar-refractivity contribution in [2.24, 2.45) is 0 Å². The minimum atomic E-state index is 0.747. The molecule has 0 aliphatic rings. The van der Waals surface area contributed by atoms with Crippen molar-refractivity contribution in [1.29, 1.82) is 0 Å². The lowest BCUT2D eigenvalue weighted by Crippen LogP contribution is -2.03. The zero-order valence-corrected chi connectivity index (χ0v) is 11.0. The molecule has 0 saturated heterocycles. The monoisotopic (exact) mass is 278 g/mol. The topological polar surface area (TPSA) is 17.8 Å². The summed E-state index contributed by atoms with van der Waals surface area (Å²) >= 11 is 9.23. The summed E-state index contributed by atoms with van der Waals surface area (Å²) in [4.78, 5) is 0. The molecule has 0 bridgehead atoms. The first-order valence-corrected chi connectivity index (χ1v) is 6.31. The van der Waals surface area contributed by atoms with E-state index < -0.39 is 0 Å². The molecule has 1 heterocycles. The largest absolute Gasteiger partial charge is 0.268 e. The molecular weight excluding hydrogens is 263 g/mol. The van der Waals surface area contributed by atoms with Crippen LogP contribution in [-0.2, 0) is 13.0 Å². The Bertz CT molecular complexity index is 297. The van der Waals surface area contributed by atoms with Gasteiger partial charge in [0.05, 0.1) is 15.9 Å². The van der Waals surface area contributed by atoms with Gasteiger partial charge in [-0.1, -0.05) is 0 Å². The molecule has 2 nitrogen and oxygen atoms in total. The number of alkyl halides is 1. The van der Waals surface area contributed by atoms with Crippen LogP contribution in [0.15, 0.2) is 4.47 Å². The molecule has 1 rings (SSSR count). The lowest BCUT2D eigenvalue weighted by Gasteiger charge is -2.04. The van der Waals surface area contributed by atoms with Gasteiger partial charge in [-0.25, -0.2) is 0 Å². The van der Waals surface area contributed by atoms with Crippen molar-refractivity contribution in [2.75, 3.05) is 5.88 Å². The Morgan fingerprint density at radius 2 is 2.14 bits per heavy atom. The highest BCUT2D eigenvalue weighted by Gasteiger charge is 2.10. The summed E-state index contributed by atoms with van der Waals surface area (Å²) in [5.74, 6) is 0.747. The predicted octanol–water partition coefficient (Wildman–Crippen LogP) is 3.54. The molecule has 0 aliphatic heterocycles. The molecule has 0 aliphatic carbocycles. The van der Waals surface area contributed by atoms with Crippen LogP contribution in [0, 0.1) is 6.92 Å². The van der Waals surface area contributed by atoms with E-state index in [2.05, 4.69) is 32.6 Å². The summed E-state index contributed by atoms with van der Waals surface area (Å²) < 4.78 is 3.22. The number of hydrogen-bond donors (Lipinski definition) is 0. The lowest BCUT2D eigenvalue weighted by molar-refractivity contribution is 0.603. The Labute approximate surface area is 98.8 Å². The quantitative estimate of drug-likeness (QED) is 0.595. The molecule has 4 heteroatoms. The van der Waals surface area contributed by atoms with Crippen LogP contribution in [0.4, 0.5) is 0 Å². The van der Waals surface area contributed by atoms with Gasteiger partial charge in [-0.3, -0.25) is 4.68 Å². The third kappa shape index (κ3) is 2.74. The molecule has 0 fully saturated rings. The van der Waals surface area contributed by atoms with Crippen molar-refractivity contribution in [3.05, 3.63) is 15.9 Å². The first-order chi connectivity index (χ1) is 6.70. The van der Waals surface area contributed by atoms with Gasteiger partial charge in [-0.2, -0.15) is 5.10 Å². The number of rotatable bonds is 5. The van der Waals surface area contributed by atoms with Crippen molar-refractivity contribution >= 4 is 27.5 Å². The van der Waals surface area contributed by atoms with Crippen LogP contribution in [0.2, 0.25) is 0 Å². The number of unbranched alkanes of at least 4 members (excludes halogenated alkanes) is 1. The van der Waals surface area contributed by atoms with Gasteiger partial charge in [0, 0.05) is 12.4 Å². The zero-order valence-electron chi connectivity index (χ0n) is 8.69. The Kier molecular flexibility index (Phi) is 4.96. The fourth-order valence-electron chi connectivity index (χ4n) is 1.49. The molecule has 80 valence electrons. The first kappa shape index (κ1) is 12.1. The molecular formula is C10H16BrClN2. The third-order valence-electron chi connectivity index (χ3n) is 2.25. The first-order valence-electron chi connectivity index (χ1n) is 4.98. The van der Waals surface area contributed by atoms with E-state index in [4.69, 9.17) is 11.6 Å². The maximum Gasteiger partial charge on any atom is 0.0738 e. The summed E-state index contributed by atoms with van der Waals surface area (Å²) in [6, 6.07) is 0. The Hall–Kier alpha value is -0.0200. The summed E-state index contributed by atoms with van der Waals surface area (Å²) in [7, 11) is 0. The Morgan fingerprint density at radius 1 is 1.43 bits per heavy atom. The highest BCUT2D eigenvalue weighted by Crippen LogP contribution is 2.22. The minimum Gasteiger partial charge on any atom is -0.268 e. The average Bonchev–Trinajstić information content (AvgIpc) is 2.45. The molecule has 0 spiro atoms. The summed E-state index contributed by atoms with van der Waals surface area (Å²) in [6.45, 7) is 5.08. The summed E-state index contributed by atoms with van der Waals surface area (Å²) in [5, 5.41) is 4.44. The number of hydrogen-bond acceptors (Lipinski definition) is 1. The SMILES string of the molecule is CCn1nc(C)c(Br)c1CCCCCl. The molecule has 0 unspecified atom stereocenters. The van der Waals surface area contributed by atoms with Crippen LogP contribution in [0.3, 0.4) is 0 Å². The van der Waals surface area contributed by atoms with E-state index in [0.29, 0.717) is 0 Å². The summed E-state index contributed by atoms with van der Waals surface area (Å²) in [6.07, 6.45) is 3.26. The normalized spacial score (nSPS) is 10.9. The third-order valence-corrected chi connectivity index (χ3v) is 3.55. The van der Waals surface area contributed by atoms with Gasteiger partial charge in [0.1, 0.15) is 0 Å². The van der Waals surface area contributed by atoms with Crippen molar-refractivity contribution in [2.45, 2.75) is 39.7 Å². The van der Waals surface area contributed by atoms with Crippen molar-refractivity contribution in [3.63, 3.8) is 0 Å². The number of halogens is 2. The highest BCUT2D eigenvalue weighted by molar-refractivity contribution is 9.10.